The molecular formula is C18H25NO4. The molecule has 1 fully saturated rings. The summed E-state index contributed by atoms with van der Waals surface area (Å²) in [4.78, 5) is 23.4. The zero-order valence-corrected chi connectivity index (χ0v) is 13.4. The number of amides is 1. The summed E-state index contributed by atoms with van der Waals surface area (Å²) in [6.07, 6.45) is 4.46. The van der Waals surface area contributed by atoms with Crippen molar-refractivity contribution in [1.29, 1.82) is 0 Å². The second-order valence-electron chi connectivity index (χ2n) is 6.21. The Labute approximate surface area is 137 Å². The van der Waals surface area contributed by atoms with E-state index in [9.17, 15) is 14.7 Å². The van der Waals surface area contributed by atoms with Gasteiger partial charge in [-0.3, -0.25) is 9.59 Å². The molecule has 0 unspecified atom stereocenters. The van der Waals surface area contributed by atoms with Gasteiger partial charge in [-0.15, -0.1) is 0 Å². The van der Waals surface area contributed by atoms with Crippen molar-refractivity contribution < 1.29 is 19.4 Å². The van der Waals surface area contributed by atoms with Gasteiger partial charge in [-0.05, 0) is 18.4 Å². The molecule has 23 heavy (non-hydrogen) atoms. The van der Waals surface area contributed by atoms with Crippen molar-refractivity contribution in [3.8, 4) is 0 Å². The smallest absolute Gasteiger partial charge is 0.311 e. The Balaban J connectivity index is 1.67. The van der Waals surface area contributed by atoms with Crippen molar-refractivity contribution in [2.75, 3.05) is 13.2 Å². The minimum atomic E-state index is -0.794. The number of carboxylic acid groups (broad SMARTS) is 1. The van der Waals surface area contributed by atoms with E-state index in [-0.39, 0.29) is 18.9 Å². The third-order valence-corrected chi connectivity index (χ3v) is 4.47. The molecule has 5 nitrogen and oxygen atoms in total. The first-order chi connectivity index (χ1) is 11.1. The second kappa shape index (κ2) is 8.67. The summed E-state index contributed by atoms with van der Waals surface area (Å²) >= 11 is 0. The lowest BCUT2D eigenvalue weighted by Crippen LogP contribution is -2.44. The van der Waals surface area contributed by atoms with Crippen molar-refractivity contribution >= 4 is 11.9 Å². The topological polar surface area (TPSA) is 75.6 Å². The van der Waals surface area contributed by atoms with E-state index < -0.39 is 11.4 Å². The van der Waals surface area contributed by atoms with E-state index in [1.807, 2.05) is 30.3 Å². The van der Waals surface area contributed by atoms with E-state index in [1.54, 1.807) is 0 Å². The largest absolute Gasteiger partial charge is 0.481 e. The van der Waals surface area contributed by atoms with Crippen LogP contribution in [0, 0.1) is 5.41 Å². The fraction of sp³-hybridized carbons (Fsp3) is 0.556. The molecule has 0 aromatic heterocycles. The van der Waals surface area contributed by atoms with E-state index in [0.717, 1.165) is 24.8 Å². The van der Waals surface area contributed by atoms with Gasteiger partial charge in [-0.1, -0.05) is 49.6 Å². The van der Waals surface area contributed by atoms with Crippen LogP contribution in [0.5, 0.6) is 0 Å². The Morgan fingerprint density at radius 1 is 1.13 bits per heavy atom. The summed E-state index contributed by atoms with van der Waals surface area (Å²) < 4.78 is 5.48. The Bertz CT molecular complexity index is 509. The number of benzene rings is 1. The number of carboxylic acids is 1. The number of nitrogens with one attached hydrogen (secondary N) is 1. The average Bonchev–Trinajstić information content (AvgIpc) is 2.58. The van der Waals surface area contributed by atoms with Crippen LogP contribution < -0.4 is 5.32 Å². The fourth-order valence-electron chi connectivity index (χ4n) is 2.98. The van der Waals surface area contributed by atoms with Gasteiger partial charge in [0.2, 0.25) is 5.91 Å². The van der Waals surface area contributed by atoms with Crippen LogP contribution in [0.25, 0.3) is 0 Å². The Kier molecular flexibility index (Phi) is 6.59. The van der Waals surface area contributed by atoms with Gasteiger partial charge in [-0.2, -0.15) is 0 Å². The highest BCUT2D eigenvalue weighted by molar-refractivity contribution is 5.79. The standard InChI is InChI=1S/C18H25NO4/c20-16(9-12-23-13-15-7-3-1-4-8-15)19-14-18(17(21)22)10-5-2-6-11-18/h1,3-4,7-8H,2,5-6,9-14H2,(H,19,20)(H,21,22). The lowest BCUT2D eigenvalue weighted by Gasteiger charge is -2.33. The molecule has 1 aliphatic rings. The van der Waals surface area contributed by atoms with Crippen LogP contribution in [-0.4, -0.2) is 30.1 Å². The fourth-order valence-corrected chi connectivity index (χ4v) is 2.98. The number of rotatable bonds is 8. The zero-order valence-electron chi connectivity index (χ0n) is 13.4. The third-order valence-electron chi connectivity index (χ3n) is 4.47. The summed E-state index contributed by atoms with van der Waals surface area (Å²) in [5.41, 5.74) is 0.290. The van der Waals surface area contributed by atoms with Crippen molar-refractivity contribution in [2.45, 2.75) is 45.1 Å². The summed E-state index contributed by atoms with van der Waals surface area (Å²) in [5, 5.41) is 12.2. The predicted octanol–water partition coefficient (Wildman–Crippen LogP) is 2.74. The molecule has 1 aromatic carbocycles. The van der Waals surface area contributed by atoms with Crippen molar-refractivity contribution in [1.82, 2.24) is 5.32 Å². The lowest BCUT2D eigenvalue weighted by molar-refractivity contribution is -0.151. The molecule has 0 spiro atoms. The quantitative estimate of drug-likeness (QED) is 0.722. The van der Waals surface area contributed by atoms with Crippen molar-refractivity contribution in [3.05, 3.63) is 35.9 Å². The van der Waals surface area contributed by atoms with Gasteiger partial charge >= 0.3 is 5.97 Å². The van der Waals surface area contributed by atoms with Gasteiger partial charge < -0.3 is 15.2 Å². The molecule has 0 aliphatic heterocycles. The number of hydrogen-bond donors (Lipinski definition) is 2. The lowest BCUT2D eigenvalue weighted by atomic mass is 9.74. The maximum atomic E-state index is 11.9. The maximum Gasteiger partial charge on any atom is 0.311 e. The molecule has 1 saturated carbocycles. The molecule has 0 saturated heterocycles. The highest BCUT2D eigenvalue weighted by Gasteiger charge is 2.39. The maximum absolute atomic E-state index is 11.9. The molecule has 0 heterocycles. The van der Waals surface area contributed by atoms with Crippen LogP contribution in [0.2, 0.25) is 0 Å². The van der Waals surface area contributed by atoms with E-state index in [0.29, 0.717) is 26.1 Å². The van der Waals surface area contributed by atoms with Gasteiger partial charge in [-0.25, -0.2) is 0 Å². The monoisotopic (exact) mass is 319 g/mol. The highest BCUT2D eigenvalue weighted by Crippen LogP contribution is 2.35. The summed E-state index contributed by atoms with van der Waals surface area (Å²) in [7, 11) is 0. The van der Waals surface area contributed by atoms with Crippen LogP contribution in [0.15, 0.2) is 30.3 Å². The molecular weight excluding hydrogens is 294 g/mol. The van der Waals surface area contributed by atoms with E-state index in [2.05, 4.69) is 5.32 Å². The highest BCUT2D eigenvalue weighted by atomic mass is 16.5. The summed E-state index contributed by atoms with van der Waals surface area (Å²) in [5.74, 6) is -0.943. The minimum absolute atomic E-state index is 0.149. The number of aliphatic carboxylic acids is 1. The molecule has 5 heteroatoms. The Morgan fingerprint density at radius 3 is 2.48 bits per heavy atom. The average molecular weight is 319 g/mol. The molecule has 1 amide bonds. The summed E-state index contributed by atoms with van der Waals surface area (Å²) in [6.45, 7) is 1.04. The molecule has 2 N–H and O–H groups in total. The van der Waals surface area contributed by atoms with Crippen molar-refractivity contribution in [3.63, 3.8) is 0 Å². The molecule has 1 aromatic rings. The first kappa shape index (κ1) is 17.5. The molecule has 0 atom stereocenters. The van der Waals surface area contributed by atoms with Gasteiger partial charge in [0, 0.05) is 13.0 Å². The van der Waals surface area contributed by atoms with E-state index in [1.165, 1.54) is 0 Å². The van der Waals surface area contributed by atoms with Crippen molar-refractivity contribution in [2.24, 2.45) is 5.41 Å². The SMILES string of the molecule is O=C(CCOCc1ccccc1)NCC1(C(=O)O)CCCCC1. The number of carbonyl (C=O) groups is 2. The predicted molar refractivity (Wildman–Crippen MR) is 86.9 cm³/mol. The Morgan fingerprint density at radius 2 is 1.83 bits per heavy atom. The number of ether oxygens (including phenoxy) is 1. The van der Waals surface area contributed by atoms with Gasteiger partial charge in [0.1, 0.15) is 0 Å². The molecule has 0 bridgehead atoms. The molecule has 0 radical (unpaired) electrons. The zero-order chi connectivity index (χ0) is 16.5. The molecule has 2 rings (SSSR count). The third kappa shape index (κ3) is 5.36. The summed E-state index contributed by atoms with van der Waals surface area (Å²) in [6, 6.07) is 9.78. The van der Waals surface area contributed by atoms with Crippen LogP contribution >= 0.6 is 0 Å². The van der Waals surface area contributed by atoms with Gasteiger partial charge in [0.05, 0.1) is 18.6 Å². The second-order valence-corrected chi connectivity index (χ2v) is 6.21. The van der Waals surface area contributed by atoms with E-state index >= 15 is 0 Å². The minimum Gasteiger partial charge on any atom is -0.481 e. The molecule has 1 aliphatic carbocycles. The van der Waals surface area contributed by atoms with Crippen LogP contribution in [-0.2, 0) is 20.9 Å². The van der Waals surface area contributed by atoms with E-state index in [4.69, 9.17) is 4.74 Å². The normalized spacial score (nSPS) is 16.7. The van der Waals surface area contributed by atoms with Crippen LogP contribution in [0.1, 0.15) is 44.1 Å². The number of carbonyl (C=O) groups excluding carboxylic acids is 1. The van der Waals surface area contributed by atoms with Crippen LogP contribution in [0.3, 0.4) is 0 Å². The molecule has 126 valence electrons. The first-order valence-corrected chi connectivity index (χ1v) is 8.24. The number of hydrogen-bond acceptors (Lipinski definition) is 3. The Hall–Kier alpha value is -1.88. The van der Waals surface area contributed by atoms with Gasteiger partial charge in [0.15, 0.2) is 0 Å². The van der Waals surface area contributed by atoms with Crippen LogP contribution in [0.4, 0.5) is 0 Å². The first-order valence-electron chi connectivity index (χ1n) is 8.24. The van der Waals surface area contributed by atoms with Gasteiger partial charge in [0.25, 0.3) is 0 Å².